The second kappa shape index (κ2) is 13.3. The summed E-state index contributed by atoms with van der Waals surface area (Å²) in [5.41, 5.74) is 1.13. The van der Waals surface area contributed by atoms with E-state index >= 15 is 0 Å². The third-order valence-electron chi connectivity index (χ3n) is 4.04. The molecule has 31 heavy (non-hydrogen) atoms. The maximum absolute atomic E-state index is 12.1. The van der Waals surface area contributed by atoms with Gasteiger partial charge >= 0.3 is 18.0 Å². The summed E-state index contributed by atoms with van der Waals surface area (Å²) in [5.74, 6) is -1.62. The minimum atomic E-state index is -1.09. The maximum atomic E-state index is 12.1. The molecule has 9 heteroatoms. The van der Waals surface area contributed by atoms with Crippen molar-refractivity contribution in [2.75, 3.05) is 13.6 Å². The molecule has 0 saturated carbocycles. The monoisotopic (exact) mass is 435 g/mol. The van der Waals surface area contributed by atoms with E-state index in [1.54, 1.807) is 27.7 Å². The number of nitrogens with one attached hydrogen (secondary N) is 2. The van der Waals surface area contributed by atoms with Gasteiger partial charge in [0.1, 0.15) is 6.54 Å². The number of alkyl carbamates (subject to hydrolysis) is 1. The highest BCUT2D eigenvalue weighted by atomic mass is 16.7. The topological polar surface area (TPSA) is 118 Å². The summed E-state index contributed by atoms with van der Waals surface area (Å²) < 4.78 is 15.4. The van der Waals surface area contributed by atoms with Gasteiger partial charge < -0.3 is 19.1 Å². The molecule has 0 fully saturated rings. The van der Waals surface area contributed by atoms with Gasteiger partial charge in [-0.2, -0.15) is 0 Å². The molecule has 1 aromatic rings. The normalized spacial score (nSPS) is 11.6. The van der Waals surface area contributed by atoms with Crippen LogP contribution < -0.4 is 5.32 Å². The SMILES string of the molecule is CC(C)OC(=O)CN(C)C(=N)NC(=O)OC(OC(=O)CCCc1ccccc1)C(C)C. The fourth-order valence-electron chi connectivity index (χ4n) is 2.47. The zero-order valence-electron chi connectivity index (χ0n) is 18.8. The van der Waals surface area contributed by atoms with E-state index in [2.05, 4.69) is 5.32 Å². The molecule has 0 radical (unpaired) electrons. The minimum Gasteiger partial charge on any atom is -0.462 e. The van der Waals surface area contributed by atoms with Gasteiger partial charge in [-0.05, 0) is 32.3 Å². The molecule has 1 atom stereocenters. The Kier molecular flexibility index (Phi) is 11.1. The third kappa shape index (κ3) is 11.0. The summed E-state index contributed by atoms with van der Waals surface area (Å²) in [5, 5.41) is 10.1. The highest BCUT2D eigenvalue weighted by molar-refractivity contribution is 5.93. The molecule has 0 aliphatic rings. The average molecular weight is 436 g/mol. The van der Waals surface area contributed by atoms with Gasteiger partial charge in [0.25, 0.3) is 6.29 Å². The number of carbonyl (C=O) groups excluding carboxylic acids is 3. The van der Waals surface area contributed by atoms with Crippen LogP contribution in [-0.4, -0.2) is 54.9 Å². The van der Waals surface area contributed by atoms with Gasteiger partial charge in [0, 0.05) is 19.4 Å². The summed E-state index contributed by atoms with van der Waals surface area (Å²) in [6.07, 6.45) is -0.770. The first-order chi connectivity index (χ1) is 14.6. The van der Waals surface area contributed by atoms with Crippen molar-refractivity contribution in [3.8, 4) is 0 Å². The molecule has 1 aromatic carbocycles. The fraction of sp³-hybridized carbons (Fsp3) is 0.545. The Morgan fingerprint density at radius 3 is 2.23 bits per heavy atom. The number of nitrogens with zero attached hydrogens (tertiary/aromatic N) is 1. The second-order valence-corrected chi connectivity index (χ2v) is 7.72. The summed E-state index contributed by atoms with van der Waals surface area (Å²) in [7, 11) is 1.46. The quantitative estimate of drug-likeness (QED) is 0.251. The molecular formula is C22H33N3O6. The van der Waals surface area contributed by atoms with Crippen molar-refractivity contribution in [2.45, 2.75) is 59.4 Å². The van der Waals surface area contributed by atoms with E-state index < -0.39 is 24.3 Å². The summed E-state index contributed by atoms with van der Waals surface area (Å²) in [6.45, 7) is 6.71. The van der Waals surface area contributed by atoms with Crippen LogP contribution in [-0.2, 0) is 30.2 Å². The van der Waals surface area contributed by atoms with Crippen molar-refractivity contribution in [3.63, 3.8) is 0 Å². The Hall–Kier alpha value is -3.10. The number of ether oxygens (including phenoxy) is 3. The summed E-state index contributed by atoms with van der Waals surface area (Å²) in [6, 6.07) is 9.80. The summed E-state index contributed by atoms with van der Waals surface area (Å²) in [4.78, 5) is 37.1. The van der Waals surface area contributed by atoms with Crippen molar-refractivity contribution >= 4 is 24.0 Å². The number of aryl methyl sites for hydroxylation is 1. The van der Waals surface area contributed by atoms with Crippen molar-refractivity contribution in [1.82, 2.24) is 10.2 Å². The number of carbonyl (C=O) groups is 3. The van der Waals surface area contributed by atoms with Gasteiger partial charge in [0.05, 0.1) is 6.10 Å². The first-order valence-electron chi connectivity index (χ1n) is 10.3. The lowest BCUT2D eigenvalue weighted by atomic mass is 10.1. The smallest absolute Gasteiger partial charge is 0.417 e. The minimum absolute atomic E-state index is 0.194. The van der Waals surface area contributed by atoms with Crippen LogP contribution in [0, 0.1) is 11.3 Å². The van der Waals surface area contributed by atoms with E-state index in [9.17, 15) is 14.4 Å². The lowest BCUT2D eigenvalue weighted by molar-refractivity contribution is -0.174. The fourth-order valence-corrected chi connectivity index (χ4v) is 2.47. The van der Waals surface area contributed by atoms with E-state index in [0.717, 1.165) is 12.0 Å². The van der Waals surface area contributed by atoms with Gasteiger partial charge in [-0.1, -0.05) is 44.2 Å². The Morgan fingerprint density at radius 1 is 1.00 bits per heavy atom. The van der Waals surface area contributed by atoms with Crippen molar-refractivity contribution in [1.29, 1.82) is 5.41 Å². The molecule has 0 heterocycles. The zero-order valence-corrected chi connectivity index (χ0v) is 18.8. The lowest BCUT2D eigenvalue weighted by Crippen LogP contribution is -2.45. The predicted molar refractivity (Wildman–Crippen MR) is 115 cm³/mol. The highest BCUT2D eigenvalue weighted by Crippen LogP contribution is 2.12. The van der Waals surface area contributed by atoms with Crippen LogP contribution in [0.3, 0.4) is 0 Å². The zero-order chi connectivity index (χ0) is 23.4. The van der Waals surface area contributed by atoms with Crippen LogP contribution in [0.4, 0.5) is 4.79 Å². The molecule has 9 nitrogen and oxygen atoms in total. The number of guanidine groups is 1. The van der Waals surface area contributed by atoms with Crippen molar-refractivity contribution in [3.05, 3.63) is 35.9 Å². The molecule has 1 rings (SSSR count). The van der Waals surface area contributed by atoms with E-state index in [0.29, 0.717) is 6.42 Å². The molecule has 0 aliphatic carbocycles. The molecule has 1 amide bonds. The van der Waals surface area contributed by atoms with Gasteiger partial charge in [-0.3, -0.25) is 20.3 Å². The van der Waals surface area contributed by atoms with Gasteiger partial charge in [-0.15, -0.1) is 0 Å². The molecule has 1 unspecified atom stereocenters. The Bertz CT molecular complexity index is 736. The van der Waals surface area contributed by atoms with Crippen LogP contribution in [0.5, 0.6) is 0 Å². The number of amides is 1. The molecule has 0 spiro atoms. The largest absolute Gasteiger partial charge is 0.462 e. The van der Waals surface area contributed by atoms with E-state index in [-0.39, 0.29) is 30.9 Å². The molecule has 0 aromatic heterocycles. The molecule has 0 saturated heterocycles. The van der Waals surface area contributed by atoms with Crippen LogP contribution >= 0.6 is 0 Å². The van der Waals surface area contributed by atoms with Gasteiger partial charge in [0.2, 0.25) is 5.96 Å². The lowest BCUT2D eigenvalue weighted by Gasteiger charge is -2.23. The van der Waals surface area contributed by atoms with E-state index in [1.807, 2.05) is 30.3 Å². The number of benzene rings is 1. The Balaban J connectivity index is 2.44. The molecule has 2 N–H and O–H groups in total. The first-order valence-corrected chi connectivity index (χ1v) is 10.3. The number of hydrogen-bond acceptors (Lipinski definition) is 7. The second-order valence-electron chi connectivity index (χ2n) is 7.72. The number of likely N-dealkylation sites (N-methyl/N-ethyl adjacent to an activating group) is 1. The Labute approximate surface area is 183 Å². The van der Waals surface area contributed by atoms with Crippen LogP contribution in [0.2, 0.25) is 0 Å². The number of esters is 2. The highest BCUT2D eigenvalue weighted by Gasteiger charge is 2.24. The van der Waals surface area contributed by atoms with Gasteiger partial charge in [-0.25, -0.2) is 4.79 Å². The number of hydrogen-bond donors (Lipinski definition) is 2. The van der Waals surface area contributed by atoms with Crippen molar-refractivity contribution < 1.29 is 28.6 Å². The van der Waals surface area contributed by atoms with E-state index in [4.69, 9.17) is 19.6 Å². The Morgan fingerprint density at radius 2 is 1.65 bits per heavy atom. The van der Waals surface area contributed by atoms with Crippen LogP contribution in [0.1, 0.15) is 46.1 Å². The summed E-state index contributed by atoms with van der Waals surface area (Å²) >= 11 is 0. The molecular weight excluding hydrogens is 402 g/mol. The molecule has 0 aliphatic heterocycles. The maximum Gasteiger partial charge on any atom is 0.417 e. The predicted octanol–water partition coefficient (Wildman–Crippen LogP) is 3.08. The average Bonchev–Trinajstić information content (AvgIpc) is 2.67. The van der Waals surface area contributed by atoms with Gasteiger partial charge in [0.15, 0.2) is 0 Å². The van der Waals surface area contributed by atoms with E-state index in [1.165, 1.54) is 11.9 Å². The standard InChI is InChI=1S/C22H33N3O6/c1-15(2)20(30-18(26)13-9-12-17-10-7-6-8-11-17)31-22(28)24-21(23)25(5)14-19(27)29-16(3)4/h6-8,10-11,15-16,20H,9,12-14H2,1-5H3,(H2,23,24,28). The van der Waals surface area contributed by atoms with Crippen LogP contribution in [0.25, 0.3) is 0 Å². The first kappa shape index (κ1) is 25.9. The third-order valence-corrected chi connectivity index (χ3v) is 4.04. The molecule has 172 valence electrons. The molecule has 0 bridgehead atoms. The van der Waals surface area contributed by atoms with Crippen LogP contribution in [0.15, 0.2) is 30.3 Å². The number of rotatable bonds is 10. The van der Waals surface area contributed by atoms with Crippen molar-refractivity contribution in [2.24, 2.45) is 5.92 Å².